The van der Waals surface area contributed by atoms with Crippen LogP contribution in [0.3, 0.4) is 0 Å². The van der Waals surface area contributed by atoms with Crippen molar-refractivity contribution < 1.29 is 17.6 Å². The molecule has 6 nitrogen and oxygen atoms in total. The van der Waals surface area contributed by atoms with Crippen molar-refractivity contribution >= 4 is 15.9 Å². The molecule has 2 aromatic carbocycles. The first-order chi connectivity index (χ1) is 12.4. The van der Waals surface area contributed by atoms with Crippen LogP contribution in [0.1, 0.15) is 23.6 Å². The predicted molar refractivity (Wildman–Crippen MR) is 95.0 cm³/mol. The van der Waals surface area contributed by atoms with E-state index < -0.39 is 32.7 Å². The van der Waals surface area contributed by atoms with E-state index >= 15 is 0 Å². The number of benzene rings is 2. The maximum absolute atomic E-state index is 13.7. The molecule has 1 unspecified atom stereocenters. The van der Waals surface area contributed by atoms with E-state index in [0.29, 0.717) is 0 Å². The van der Waals surface area contributed by atoms with Gasteiger partial charge in [-0.25, -0.2) is 12.8 Å². The van der Waals surface area contributed by atoms with Gasteiger partial charge >= 0.3 is 0 Å². The molecule has 1 heterocycles. The topological polar surface area (TPSA) is 87.3 Å². The molecule has 0 saturated carbocycles. The van der Waals surface area contributed by atoms with Gasteiger partial charge in [0.15, 0.2) is 0 Å². The molecule has 0 aliphatic carbocycles. The standard InChI is InChI=1S/C18H20FN3O3S/c1-12(22-26(24,25)17-5-3-2-4-16(17)19)18(23)21-9-13-6-7-14-10-20-11-15(14)8-13/h2-8,12,20,22H,9-11H2,1H3,(H,21,23). The normalized spacial score (nSPS) is 14.7. The van der Waals surface area contributed by atoms with Crippen LogP contribution in [0.25, 0.3) is 0 Å². The highest BCUT2D eigenvalue weighted by atomic mass is 32.2. The van der Waals surface area contributed by atoms with Gasteiger partial charge in [0.2, 0.25) is 15.9 Å². The fourth-order valence-electron chi connectivity index (χ4n) is 2.81. The largest absolute Gasteiger partial charge is 0.351 e. The van der Waals surface area contributed by atoms with Gasteiger partial charge < -0.3 is 10.6 Å². The van der Waals surface area contributed by atoms with Gasteiger partial charge in [0.25, 0.3) is 0 Å². The molecule has 0 radical (unpaired) electrons. The summed E-state index contributed by atoms with van der Waals surface area (Å²) in [6.07, 6.45) is 0. The van der Waals surface area contributed by atoms with Gasteiger partial charge in [-0.15, -0.1) is 0 Å². The third-order valence-electron chi connectivity index (χ3n) is 4.22. The summed E-state index contributed by atoms with van der Waals surface area (Å²) in [7, 11) is -4.12. The Morgan fingerprint density at radius 1 is 1.19 bits per heavy atom. The monoisotopic (exact) mass is 377 g/mol. The number of halogens is 1. The van der Waals surface area contributed by atoms with E-state index in [9.17, 15) is 17.6 Å². The van der Waals surface area contributed by atoms with Gasteiger partial charge in [0.1, 0.15) is 10.7 Å². The maximum Gasteiger partial charge on any atom is 0.244 e. The molecule has 1 aliphatic heterocycles. The van der Waals surface area contributed by atoms with Gasteiger partial charge in [-0.2, -0.15) is 4.72 Å². The van der Waals surface area contributed by atoms with Crippen molar-refractivity contribution in [3.63, 3.8) is 0 Å². The number of nitrogens with one attached hydrogen (secondary N) is 3. The van der Waals surface area contributed by atoms with Crippen LogP contribution in [0.5, 0.6) is 0 Å². The highest BCUT2D eigenvalue weighted by Gasteiger charge is 2.24. The molecule has 0 aromatic heterocycles. The Labute approximate surface area is 151 Å². The summed E-state index contributed by atoms with van der Waals surface area (Å²) in [6, 6.07) is 9.96. The molecule has 1 aliphatic rings. The first-order valence-electron chi connectivity index (χ1n) is 8.23. The van der Waals surface area contributed by atoms with Gasteiger partial charge in [0, 0.05) is 19.6 Å². The third kappa shape index (κ3) is 4.09. The molecular formula is C18H20FN3O3S. The number of carbonyl (C=O) groups excluding carboxylic acids is 1. The van der Waals surface area contributed by atoms with Crippen LogP contribution in [0.15, 0.2) is 47.4 Å². The highest BCUT2D eigenvalue weighted by molar-refractivity contribution is 7.89. The van der Waals surface area contributed by atoms with Crippen molar-refractivity contribution in [3.05, 3.63) is 65.0 Å². The molecule has 26 heavy (non-hydrogen) atoms. The van der Waals surface area contributed by atoms with Crippen LogP contribution in [-0.2, 0) is 34.5 Å². The second-order valence-corrected chi connectivity index (χ2v) is 7.88. The van der Waals surface area contributed by atoms with Crippen LogP contribution in [-0.4, -0.2) is 20.4 Å². The second-order valence-electron chi connectivity index (χ2n) is 6.20. The zero-order valence-electron chi connectivity index (χ0n) is 14.3. The van der Waals surface area contributed by atoms with E-state index in [1.54, 1.807) is 0 Å². The average Bonchev–Trinajstić information content (AvgIpc) is 3.07. The van der Waals surface area contributed by atoms with Crippen LogP contribution in [0.2, 0.25) is 0 Å². The van der Waals surface area contributed by atoms with Gasteiger partial charge in [-0.05, 0) is 35.7 Å². The van der Waals surface area contributed by atoms with Crippen molar-refractivity contribution in [1.29, 1.82) is 0 Å². The number of hydrogen-bond acceptors (Lipinski definition) is 4. The smallest absolute Gasteiger partial charge is 0.244 e. The van der Waals surface area contributed by atoms with E-state index in [1.165, 1.54) is 30.2 Å². The summed E-state index contributed by atoms with van der Waals surface area (Å²) >= 11 is 0. The third-order valence-corrected chi connectivity index (χ3v) is 5.79. The Bertz CT molecular complexity index is 931. The lowest BCUT2D eigenvalue weighted by atomic mass is 10.1. The van der Waals surface area contributed by atoms with E-state index in [2.05, 4.69) is 15.4 Å². The first-order valence-corrected chi connectivity index (χ1v) is 9.71. The average molecular weight is 377 g/mol. The quantitative estimate of drug-likeness (QED) is 0.710. The molecule has 2 aromatic rings. The molecule has 3 rings (SSSR count). The summed E-state index contributed by atoms with van der Waals surface area (Å²) in [6.45, 7) is 3.35. The minimum absolute atomic E-state index is 0.290. The second kappa shape index (κ2) is 7.53. The summed E-state index contributed by atoms with van der Waals surface area (Å²) in [5, 5.41) is 5.95. The molecule has 1 atom stereocenters. The van der Waals surface area contributed by atoms with Crippen LogP contribution in [0.4, 0.5) is 4.39 Å². The fraction of sp³-hybridized carbons (Fsp3) is 0.278. The van der Waals surface area contributed by atoms with Gasteiger partial charge in [0.05, 0.1) is 6.04 Å². The zero-order valence-corrected chi connectivity index (χ0v) is 15.1. The van der Waals surface area contributed by atoms with E-state index in [0.717, 1.165) is 30.8 Å². The molecule has 0 fully saturated rings. The number of carbonyl (C=O) groups is 1. The van der Waals surface area contributed by atoms with Gasteiger partial charge in [-0.3, -0.25) is 4.79 Å². The molecule has 3 N–H and O–H groups in total. The summed E-state index contributed by atoms with van der Waals surface area (Å²) in [5.74, 6) is -1.34. The Balaban J connectivity index is 1.60. The number of fused-ring (bicyclic) bond motifs is 1. The molecule has 8 heteroatoms. The molecule has 1 amide bonds. The summed E-state index contributed by atoms with van der Waals surface area (Å²) in [4.78, 5) is 11.7. The zero-order chi connectivity index (χ0) is 18.7. The molecule has 0 bridgehead atoms. The number of sulfonamides is 1. The van der Waals surface area contributed by atoms with E-state index in [-0.39, 0.29) is 6.54 Å². The lowest BCUT2D eigenvalue weighted by molar-refractivity contribution is -0.122. The molecule has 138 valence electrons. The predicted octanol–water partition coefficient (Wildman–Crippen LogP) is 1.41. The lowest BCUT2D eigenvalue weighted by Gasteiger charge is -2.15. The fourth-order valence-corrected chi connectivity index (χ4v) is 4.09. The lowest BCUT2D eigenvalue weighted by Crippen LogP contribution is -2.44. The van der Waals surface area contributed by atoms with Crippen molar-refractivity contribution in [2.75, 3.05) is 0 Å². The van der Waals surface area contributed by atoms with E-state index in [1.807, 2.05) is 18.2 Å². The van der Waals surface area contributed by atoms with Crippen LogP contribution >= 0.6 is 0 Å². The van der Waals surface area contributed by atoms with Gasteiger partial charge in [-0.1, -0.05) is 30.3 Å². The maximum atomic E-state index is 13.7. The minimum Gasteiger partial charge on any atom is -0.351 e. The minimum atomic E-state index is -4.12. The van der Waals surface area contributed by atoms with Crippen molar-refractivity contribution in [1.82, 2.24) is 15.4 Å². The van der Waals surface area contributed by atoms with Crippen molar-refractivity contribution in [2.45, 2.75) is 37.5 Å². The van der Waals surface area contributed by atoms with E-state index in [4.69, 9.17) is 0 Å². The Kier molecular flexibility index (Phi) is 5.36. The summed E-state index contributed by atoms with van der Waals surface area (Å²) < 4.78 is 40.4. The number of amides is 1. The van der Waals surface area contributed by atoms with Crippen molar-refractivity contribution in [2.24, 2.45) is 0 Å². The van der Waals surface area contributed by atoms with Crippen LogP contribution < -0.4 is 15.4 Å². The highest BCUT2D eigenvalue weighted by Crippen LogP contribution is 2.17. The van der Waals surface area contributed by atoms with Crippen LogP contribution in [0, 0.1) is 5.82 Å². The molecule has 0 spiro atoms. The Hall–Kier alpha value is -2.29. The Morgan fingerprint density at radius 3 is 2.69 bits per heavy atom. The van der Waals surface area contributed by atoms with Crippen molar-refractivity contribution in [3.8, 4) is 0 Å². The first kappa shape index (κ1) is 18.5. The summed E-state index contributed by atoms with van der Waals surface area (Å²) in [5.41, 5.74) is 3.38. The molecular weight excluding hydrogens is 357 g/mol. The number of rotatable bonds is 6. The SMILES string of the molecule is CC(NS(=O)(=O)c1ccccc1F)C(=O)NCc1ccc2c(c1)CNC2. The Morgan fingerprint density at radius 2 is 1.92 bits per heavy atom. The molecule has 0 saturated heterocycles. The number of hydrogen-bond donors (Lipinski definition) is 3.